The Balaban J connectivity index is 2.28. The monoisotopic (exact) mass is 275 g/mol. The molecule has 1 amide bonds. The van der Waals surface area contributed by atoms with E-state index < -0.39 is 23.9 Å². The van der Waals surface area contributed by atoms with E-state index >= 15 is 0 Å². The molecule has 0 radical (unpaired) electrons. The van der Waals surface area contributed by atoms with Gasteiger partial charge in [0, 0.05) is 12.0 Å². The van der Waals surface area contributed by atoms with Crippen molar-refractivity contribution in [2.75, 3.05) is 13.7 Å². The van der Waals surface area contributed by atoms with Gasteiger partial charge in [0.15, 0.2) is 0 Å². The molecule has 0 aliphatic carbocycles. The first-order chi connectivity index (χ1) is 8.91. The molecule has 1 aliphatic rings. The molecule has 1 aromatic rings. The Morgan fingerprint density at radius 3 is 2.84 bits per heavy atom. The van der Waals surface area contributed by atoms with Crippen molar-refractivity contribution in [1.29, 1.82) is 0 Å². The van der Waals surface area contributed by atoms with Gasteiger partial charge >= 0.3 is 12.3 Å². The summed E-state index contributed by atoms with van der Waals surface area (Å²) in [6, 6.07) is 2.83. The first kappa shape index (κ1) is 13.5. The van der Waals surface area contributed by atoms with Gasteiger partial charge in [-0.3, -0.25) is 0 Å². The number of hydrogen-bond donors (Lipinski definition) is 1. The minimum Gasteiger partial charge on any atom is -0.493 e. The quantitative estimate of drug-likeness (QED) is 0.857. The van der Waals surface area contributed by atoms with E-state index in [0.717, 1.165) is 12.1 Å². The van der Waals surface area contributed by atoms with Gasteiger partial charge in [0.25, 0.3) is 0 Å². The number of halogens is 3. The Morgan fingerprint density at radius 1 is 1.47 bits per heavy atom. The lowest BCUT2D eigenvalue weighted by molar-refractivity contribution is -0.137. The van der Waals surface area contributed by atoms with E-state index in [-0.39, 0.29) is 12.4 Å². The van der Waals surface area contributed by atoms with E-state index in [1.54, 1.807) is 0 Å². The predicted molar refractivity (Wildman–Crippen MR) is 59.8 cm³/mol. The van der Waals surface area contributed by atoms with E-state index in [9.17, 15) is 18.0 Å². The number of carbonyl (C=O) groups excluding carboxylic acids is 1. The van der Waals surface area contributed by atoms with Crippen LogP contribution in [0.4, 0.5) is 18.0 Å². The van der Waals surface area contributed by atoms with Crippen molar-refractivity contribution < 1.29 is 27.4 Å². The molecule has 1 aromatic carbocycles. The van der Waals surface area contributed by atoms with E-state index in [2.05, 4.69) is 10.1 Å². The van der Waals surface area contributed by atoms with Crippen LogP contribution in [-0.4, -0.2) is 19.8 Å². The molecule has 0 aromatic heterocycles. The molecule has 0 saturated heterocycles. The lowest BCUT2D eigenvalue weighted by Crippen LogP contribution is -2.32. The average Bonchev–Trinajstić information content (AvgIpc) is 2.37. The Bertz CT molecular complexity index is 488. The fourth-order valence-corrected chi connectivity index (χ4v) is 1.92. The van der Waals surface area contributed by atoms with Crippen LogP contribution in [-0.2, 0) is 10.9 Å². The molecule has 1 aliphatic heterocycles. The van der Waals surface area contributed by atoms with Gasteiger partial charge in [-0.2, -0.15) is 13.2 Å². The van der Waals surface area contributed by atoms with Gasteiger partial charge in [-0.05, 0) is 12.1 Å². The van der Waals surface area contributed by atoms with Gasteiger partial charge in [0.2, 0.25) is 0 Å². The molecule has 4 nitrogen and oxygen atoms in total. The number of hydrogen-bond acceptors (Lipinski definition) is 3. The van der Waals surface area contributed by atoms with Gasteiger partial charge in [0.05, 0.1) is 25.3 Å². The molecular formula is C12H12F3NO3. The van der Waals surface area contributed by atoms with Gasteiger partial charge in [-0.15, -0.1) is 0 Å². The summed E-state index contributed by atoms with van der Waals surface area (Å²) in [5, 5.41) is 2.56. The van der Waals surface area contributed by atoms with Gasteiger partial charge in [0.1, 0.15) is 5.75 Å². The van der Waals surface area contributed by atoms with Crippen LogP contribution in [0.25, 0.3) is 0 Å². The van der Waals surface area contributed by atoms with Crippen LogP contribution in [0.3, 0.4) is 0 Å². The molecule has 2 rings (SSSR count). The van der Waals surface area contributed by atoms with Crippen molar-refractivity contribution in [3.63, 3.8) is 0 Å². The number of carbonyl (C=O) groups is 1. The molecule has 1 atom stereocenters. The molecule has 19 heavy (non-hydrogen) atoms. The number of methoxy groups -OCH3 is 1. The molecule has 1 N–H and O–H groups in total. The largest absolute Gasteiger partial charge is 0.493 e. The van der Waals surface area contributed by atoms with Crippen molar-refractivity contribution in [2.45, 2.75) is 18.6 Å². The van der Waals surface area contributed by atoms with Crippen LogP contribution in [0.5, 0.6) is 5.75 Å². The number of nitrogens with one attached hydrogen (secondary N) is 1. The third-order valence-corrected chi connectivity index (χ3v) is 2.86. The van der Waals surface area contributed by atoms with Crippen LogP contribution in [0, 0.1) is 0 Å². The lowest BCUT2D eigenvalue weighted by Gasteiger charge is -2.26. The smallest absolute Gasteiger partial charge is 0.416 e. The summed E-state index contributed by atoms with van der Waals surface area (Å²) in [6.45, 7) is 0.239. The number of ether oxygens (including phenoxy) is 2. The van der Waals surface area contributed by atoms with Crippen LogP contribution < -0.4 is 10.1 Å². The second-order valence-electron chi connectivity index (χ2n) is 4.08. The molecule has 7 heteroatoms. The number of alkyl halides is 3. The summed E-state index contributed by atoms with van der Waals surface area (Å²) in [6.07, 6.45) is -4.56. The van der Waals surface area contributed by atoms with Gasteiger partial charge < -0.3 is 14.8 Å². The summed E-state index contributed by atoms with van der Waals surface area (Å²) < 4.78 is 47.4. The number of benzene rings is 1. The van der Waals surface area contributed by atoms with Crippen molar-refractivity contribution >= 4 is 6.09 Å². The Kier molecular flexibility index (Phi) is 3.55. The number of alkyl carbamates (subject to hydrolysis) is 1. The number of rotatable bonds is 1. The average molecular weight is 275 g/mol. The van der Waals surface area contributed by atoms with E-state index in [0.29, 0.717) is 12.0 Å². The third-order valence-electron chi connectivity index (χ3n) is 2.86. The molecule has 1 heterocycles. The predicted octanol–water partition coefficient (Wildman–Crippen LogP) is 2.89. The Hall–Kier alpha value is -1.92. The van der Waals surface area contributed by atoms with Crippen molar-refractivity contribution in [2.24, 2.45) is 0 Å². The second kappa shape index (κ2) is 4.99. The molecular weight excluding hydrogens is 263 g/mol. The normalized spacial score (nSPS) is 18.2. The standard InChI is InChI=1S/C12H12F3NO3/c1-18-11(17)16-9-4-5-19-10-6-7(12(13,14)15)2-3-8(9)10/h2-3,6,9H,4-5H2,1H3,(H,16,17)/t9-/m1/s1. The molecule has 0 spiro atoms. The zero-order chi connectivity index (χ0) is 14.0. The highest BCUT2D eigenvalue weighted by Crippen LogP contribution is 2.37. The summed E-state index contributed by atoms with van der Waals surface area (Å²) in [4.78, 5) is 11.2. The highest BCUT2D eigenvalue weighted by Gasteiger charge is 2.33. The minimum absolute atomic E-state index is 0.141. The highest BCUT2D eigenvalue weighted by molar-refractivity contribution is 5.68. The van der Waals surface area contributed by atoms with E-state index in [1.807, 2.05) is 0 Å². The molecule has 104 valence electrons. The molecule has 0 bridgehead atoms. The summed E-state index contributed by atoms with van der Waals surface area (Å²) >= 11 is 0. The maximum absolute atomic E-state index is 12.6. The topological polar surface area (TPSA) is 47.6 Å². The fraction of sp³-hybridized carbons (Fsp3) is 0.417. The molecule has 0 unspecified atom stereocenters. The lowest BCUT2D eigenvalue weighted by atomic mass is 9.99. The highest BCUT2D eigenvalue weighted by atomic mass is 19.4. The SMILES string of the molecule is COC(=O)N[C@@H]1CCOc2cc(C(F)(F)F)ccc21. The van der Waals surface area contributed by atoms with Crippen LogP contribution in [0.15, 0.2) is 18.2 Å². The first-order valence-corrected chi connectivity index (χ1v) is 5.60. The van der Waals surface area contributed by atoms with Crippen LogP contribution >= 0.6 is 0 Å². The van der Waals surface area contributed by atoms with Gasteiger partial charge in [-0.25, -0.2) is 4.79 Å². The zero-order valence-corrected chi connectivity index (χ0v) is 10.1. The third kappa shape index (κ3) is 2.91. The fourth-order valence-electron chi connectivity index (χ4n) is 1.92. The molecule has 0 fully saturated rings. The Morgan fingerprint density at radius 2 is 2.21 bits per heavy atom. The van der Waals surface area contributed by atoms with Crippen molar-refractivity contribution in [1.82, 2.24) is 5.32 Å². The van der Waals surface area contributed by atoms with E-state index in [1.165, 1.54) is 13.2 Å². The summed E-state index contributed by atoms with van der Waals surface area (Å²) in [5.74, 6) is 0.141. The molecule has 0 saturated carbocycles. The summed E-state index contributed by atoms with van der Waals surface area (Å²) in [5.41, 5.74) is -0.255. The maximum atomic E-state index is 12.6. The number of fused-ring (bicyclic) bond motifs is 1. The summed E-state index contributed by atoms with van der Waals surface area (Å²) in [7, 11) is 1.22. The minimum atomic E-state index is -4.42. The number of amides is 1. The van der Waals surface area contributed by atoms with Crippen LogP contribution in [0.2, 0.25) is 0 Å². The van der Waals surface area contributed by atoms with Gasteiger partial charge in [-0.1, -0.05) is 6.07 Å². The van der Waals surface area contributed by atoms with Crippen LogP contribution in [0.1, 0.15) is 23.6 Å². The second-order valence-corrected chi connectivity index (χ2v) is 4.08. The van der Waals surface area contributed by atoms with Crippen molar-refractivity contribution in [3.8, 4) is 5.75 Å². The Labute approximate surface area is 107 Å². The zero-order valence-electron chi connectivity index (χ0n) is 10.1. The first-order valence-electron chi connectivity index (χ1n) is 5.60. The maximum Gasteiger partial charge on any atom is 0.416 e. The van der Waals surface area contributed by atoms with Crippen molar-refractivity contribution in [3.05, 3.63) is 29.3 Å². The van der Waals surface area contributed by atoms with E-state index in [4.69, 9.17) is 4.74 Å².